The molecule has 8 heteroatoms. The Morgan fingerprint density at radius 3 is 2.64 bits per heavy atom. The number of likely N-dealkylation sites (tertiary alicyclic amines) is 1. The van der Waals surface area contributed by atoms with E-state index < -0.39 is 0 Å². The Morgan fingerprint density at radius 1 is 1.06 bits per heavy atom. The van der Waals surface area contributed by atoms with Gasteiger partial charge in [0.1, 0.15) is 0 Å². The molecule has 1 aromatic carbocycles. The van der Waals surface area contributed by atoms with Gasteiger partial charge in [-0.1, -0.05) is 36.8 Å². The minimum Gasteiger partial charge on any atom is -0.352 e. The summed E-state index contributed by atoms with van der Waals surface area (Å²) < 4.78 is 0. The lowest BCUT2D eigenvalue weighted by molar-refractivity contribution is -0.120. The van der Waals surface area contributed by atoms with Gasteiger partial charge >= 0.3 is 0 Å². The van der Waals surface area contributed by atoms with Gasteiger partial charge in [0.25, 0.3) is 0 Å². The predicted molar refractivity (Wildman–Crippen MR) is 134 cm³/mol. The van der Waals surface area contributed by atoms with Crippen molar-refractivity contribution in [3.8, 4) is 0 Å². The maximum Gasteiger partial charge on any atom is 0.231 e. The summed E-state index contributed by atoms with van der Waals surface area (Å²) in [7, 11) is 0. The topological polar surface area (TPSA) is 74.3 Å². The third-order valence-corrected chi connectivity index (χ3v) is 7.58. The molecule has 174 valence electrons. The molecule has 0 radical (unpaired) electrons. The average molecular weight is 483 g/mol. The molecule has 3 heterocycles. The summed E-state index contributed by atoms with van der Waals surface area (Å²) in [4.78, 5) is 32.4. The molecule has 4 rings (SSSR count). The van der Waals surface area contributed by atoms with Gasteiger partial charge in [-0.2, -0.15) is 0 Å². The number of nitrogens with zero attached hydrogens (tertiary/aromatic N) is 2. The number of carbonyl (C=O) groups is 2. The summed E-state index contributed by atoms with van der Waals surface area (Å²) in [5.41, 5.74) is 3.06. The van der Waals surface area contributed by atoms with Gasteiger partial charge in [0, 0.05) is 29.4 Å². The van der Waals surface area contributed by atoms with Crippen LogP contribution in [0.3, 0.4) is 0 Å². The van der Waals surface area contributed by atoms with Crippen LogP contribution in [0.25, 0.3) is 0 Å². The van der Waals surface area contributed by atoms with E-state index in [0.717, 1.165) is 17.0 Å². The smallest absolute Gasteiger partial charge is 0.231 e. The van der Waals surface area contributed by atoms with Crippen molar-refractivity contribution in [3.05, 3.63) is 68.9 Å². The van der Waals surface area contributed by atoms with E-state index in [-0.39, 0.29) is 18.2 Å². The highest BCUT2D eigenvalue weighted by molar-refractivity contribution is 7.14. The Labute approximate surface area is 203 Å². The zero-order valence-corrected chi connectivity index (χ0v) is 20.5. The highest BCUT2D eigenvalue weighted by atomic mass is 32.1. The Morgan fingerprint density at radius 2 is 1.88 bits per heavy atom. The molecule has 1 unspecified atom stereocenters. The summed E-state index contributed by atoms with van der Waals surface area (Å²) in [5, 5.41) is 10.1. The molecule has 6 nitrogen and oxygen atoms in total. The summed E-state index contributed by atoms with van der Waals surface area (Å²) >= 11 is 2.89. The van der Waals surface area contributed by atoms with Gasteiger partial charge in [0.15, 0.2) is 5.13 Å². The van der Waals surface area contributed by atoms with Crippen LogP contribution in [0, 0.1) is 0 Å². The Hall–Kier alpha value is -2.55. The van der Waals surface area contributed by atoms with Crippen LogP contribution in [-0.2, 0) is 35.5 Å². The number of rotatable bonds is 9. The predicted octanol–water partition coefficient (Wildman–Crippen LogP) is 4.62. The van der Waals surface area contributed by atoms with Crippen LogP contribution in [0.4, 0.5) is 5.13 Å². The van der Waals surface area contributed by atoms with E-state index in [9.17, 15) is 9.59 Å². The van der Waals surface area contributed by atoms with Gasteiger partial charge in [0.2, 0.25) is 11.8 Å². The number of benzene rings is 1. The van der Waals surface area contributed by atoms with Gasteiger partial charge in [-0.3, -0.25) is 14.5 Å². The third-order valence-electron chi connectivity index (χ3n) is 5.89. The van der Waals surface area contributed by atoms with E-state index in [1.165, 1.54) is 42.7 Å². The van der Waals surface area contributed by atoms with Gasteiger partial charge in [-0.05, 0) is 48.9 Å². The molecule has 0 saturated carbocycles. The van der Waals surface area contributed by atoms with E-state index in [0.29, 0.717) is 29.8 Å². The van der Waals surface area contributed by atoms with Crippen molar-refractivity contribution in [1.82, 2.24) is 15.2 Å². The normalized spacial score (nSPS) is 16.5. The molecule has 1 saturated heterocycles. The lowest BCUT2D eigenvalue weighted by atomic mass is 10.0. The number of hydrogen-bond acceptors (Lipinski definition) is 6. The molecule has 0 aliphatic carbocycles. The maximum atomic E-state index is 12.4. The van der Waals surface area contributed by atoms with Crippen molar-refractivity contribution in [2.75, 3.05) is 11.9 Å². The molecular formula is C25H30N4O2S2. The van der Waals surface area contributed by atoms with Crippen molar-refractivity contribution in [2.45, 2.75) is 58.2 Å². The number of carbonyl (C=O) groups excluding carboxylic acids is 2. The quantitative estimate of drug-likeness (QED) is 0.467. The number of nitrogens with one attached hydrogen (secondary N) is 2. The van der Waals surface area contributed by atoms with Crippen molar-refractivity contribution < 1.29 is 9.59 Å². The van der Waals surface area contributed by atoms with E-state index >= 15 is 0 Å². The van der Waals surface area contributed by atoms with Gasteiger partial charge in [-0.25, -0.2) is 4.98 Å². The Balaban J connectivity index is 1.20. The Bertz CT molecular complexity index is 1050. The van der Waals surface area contributed by atoms with Crippen molar-refractivity contribution >= 4 is 39.6 Å². The number of aromatic nitrogens is 1. The van der Waals surface area contributed by atoms with Crippen LogP contribution < -0.4 is 10.6 Å². The first kappa shape index (κ1) is 23.6. The minimum atomic E-state index is -0.0963. The molecule has 1 fully saturated rings. The third kappa shape index (κ3) is 7.22. The largest absolute Gasteiger partial charge is 0.352 e. The fourth-order valence-electron chi connectivity index (χ4n) is 4.00. The number of piperidine rings is 1. The fraction of sp³-hybridized carbons (Fsp3) is 0.400. The van der Waals surface area contributed by atoms with Gasteiger partial charge in [-0.15, -0.1) is 22.7 Å². The summed E-state index contributed by atoms with van der Waals surface area (Å²) in [5.74, 6) is -0.177. The van der Waals surface area contributed by atoms with Crippen LogP contribution in [0.5, 0.6) is 0 Å². The van der Waals surface area contributed by atoms with E-state index in [1.807, 2.05) is 22.9 Å². The molecule has 0 spiro atoms. The van der Waals surface area contributed by atoms with Crippen LogP contribution in [0.2, 0.25) is 0 Å². The summed E-state index contributed by atoms with van der Waals surface area (Å²) in [6.07, 6.45) is 4.44. The zero-order chi connectivity index (χ0) is 23.0. The molecule has 1 aliphatic heterocycles. The molecule has 2 aromatic heterocycles. The maximum absolute atomic E-state index is 12.4. The number of thiazole rings is 1. The van der Waals surface area contributed by atoms with Gasteiger partial charge < -0.3 is 10.6 Å². The molecule has 1 atom stereocenters. The fourth-order valence-corrected chi connectivity index (χ4v) is 5.43. The van der Waals surface area contributed by atoms with Crippen LogP contribution >= 0.6 is 22.7 Å². The van der Waals surface area contributed by atoms with E-state index in [4.69, 9.17) is 0 Å². The molecule has 0 bridgehead atoms. The molecule has 3 aromatic rings. The second-order valence-corrected chi connectivity index (χ2v) is 10.4. The van der Waals surface area contributed by atoms with Crippen molar-refractivity contribution in [2.24, 2.45) is 0 Å². The molecular weight excluding hydrogens is 452 g/mol. The number of anilines is 1. The lowest BCUT2D eigenvalue weighted by Gasteiger charge is -2.33. The highest BCUT2D eigenvalue weighted by Gasteiger charge is 2.18. The first-order chi connectivity index (χ1) is 16.0. The monoisotopic (exact) mass is 482 g/mol. The van der Waals surface area contributed by atoms with Crippen LogP contribution in [0.15, 0.2) is 47.2 Å². The van der Waals surface area contributed by atoms with E-state index in [1.54, 1.807) is 11.3 Å². The molecule has 2 amide bonds. The zero-order valence-electron chi connectivity index (χ0n) is 18.9. The standard InChI is InChI=1S/C25H30N4O2S2/c1-18-5-2-3-11-29(18)16-20-9-7-19(8-10-20)15-26-23(30)13-21-17-33-25(27-21)28-24(31)14-22-6-4-12-32-22/h4,6-10,12,17-18H,2-3,5,11,13-16H2,1H3,(H,26,30)(H,27,28,31). The summed E-state index contributed by atoms with van der Waals surface area (Å²) in [6.45, 7) is 4.97. The number of amides is 2. The first-order valence-corrected chi connectivity index (χ1v) is 13.2. The van der Waals surface area contributed by atoms with Crippen molar-refractivity contribution in [3.63, 3.8) is 0 Å². The number of hydrogen-bond donors (Lipinski definition) is 2. The van der Waals surface area contributed by atoms with Crippen LogP contribution in [-0.4, -0.2) is 34.3 Å². The lowest BCUT2D eigenvalue weighted by Crippen LogP contribution is -2.36. The van der Waals surface area contributed by atoms with Gasteiger partial charge in [0.05, 0.1) is 18.5 Å². The van der Waals surface area contributed by atoms with E-state index in [2.05, 4.69) is 51.7 Å². The second-order valence-electron chi connectivity index (χ2n) is 8.53. The first-order valence-electron chi connectivity index (χ1n) is 11.4. The minimum absolute atomic E-state index is 0.0806. The highest BCUT2D eigenvalue weighted by Crippen LogP contribution is 2.20. The molecule has 33 heavy (non-hydrogen) atoms. The average Bonchev–Trinajstić information content (AvgIpc) is 3.47. The molecule has 2 N–H and O–H groups in total. The summed E-state index contributed by atoms with van der Waals surface area (Å²) in [6, 6.07) is 13.0. The second kappa shape index (κ2) is 11.5. The molecule has 1 aliphatic rings. The SMILES string of the molecule is CC1CCCCN1Cc1ccc(CNC(=O)Cc2csc(NC(=O)Cc3cccs3)n2)cc1. The number of thiophene rings is 1. The Kier molecular flexibility index (Phi) is 8.25. The van der Waals surface area contributed by atoms with Crippen LogP contribution in [0.1, 0.15) is 47.9 Å². The van der Waals surface area contributed by atoms with Crippen molar-refractivity contribution in [1.29, 1.82) is 0 Å².